The minimum absolute atomic E-state index is 0.0775. The number of ether oxygens (including phenoxy) is 3. The number of nitriles is 1. The molecule has 4 aromatic heterocycles. The van der Waals surface area contributed by atoms with Gasteiger partial charge in [0.15, 0.2) is 5.75 Å². The van der Waals surface area contributed by atoms with Crippen molar-refractivity contribution in [2.24, 2.45) is 0 Å². The van der Waals surface area contributed by atoms with Crippen LogP contribution in [-0.4, -0.2) is 68.2 Å². The molecule has 0 radical (unpaired) electrons. The predicted molar refractivity (Wildman–Crippen MR) is 139 cm³/mol. The first-order valence-corrected chi connectivity index (χ1v) is 12.3. The third-order valence-electron chi connectivity index (χ3n) is 6.21. The molecule has 0 spiro atoms. The van der Waals surface area contributed by atoms with Crippen molar-refractivity contribution >= 4 is 11.3 Å². The quantitative estimate of drug-likeness (QED) is 0.373. The summed E-state index contributed by atoms with van der Waals surface area (Å²) >= 11 is 0. The molecule has 0 saturated carbocycles. The fraction of sp³-hybridized carbons (Fsp3) is 0.370. The maximum absolute atomic E-state index is 10.1. The van der Waals surface area contributed by atoms with Gasteiger partial charge in [0.05, 0.1) is 48.6 Å². The van der Waals surface area contributed by atoms with Gasteiger partial charge in [-0.05, 0) is 32.0 Å². The molecule has 196 valence electrons. The maximum Gasteiger partial charge on any atom is 0.316 e. The first-order valence-electron chi connectivity index (χ1n) is 12.3. The third-order valence-corrected chi connectivity index (χ3v) is 6.21. The lowest BCUT2D eigenvalue weighted by atomic mass is 10.0. The second kappa shape index (κ2) is 10.5. The molecule has 4 aromatic rings. The van der Waals surface area contributed by atoms with Gasteiger partial charge in [-0.25, -0.2) is 9.50 Å². The monoisotopic (exact) mass is 515 g/mol. The van der Waals surface area contributed by atoms with E-state index in [1.165, 1.54) is 13.3 Å². The van der Waals surface area contributed by atoms with Crippen molar-refractivity contribution in [1.29, 1.82) is 5.26 Å². The standard InChI is InChI=1S/C27H29N7O4/c1-27(2,35)17-37-21-10-23(25-19(11-28)13-32-34(25)16-21)18-4-5-24(29-12-18)33-8-6-20(7-9-33)38-22-14-30-26(36-3)31-15-22/h4-5,10,12-16,20,35H,6-9,17H2,1-3H3. The minimum Gasteiger partial charge on any atom is -0.489 e. The molecule has 38 heavy (non-hydrogen) atoms. The topological polar surface area (TPSA) is 131 Å². The number of nitrogens with zero attached hydrogens (tertiary/aromatic N) is 7. The van der Waals surface area contributed by atoms with Crippen LogP contribution in [0.25, 0.3) is 16.6 Å². The van der Waals surface area contributed by atoms with Gasteiger partial charge >= 0.3 is 6.01 Å². The molecular weight excluding hydrogens is 486 g/mol. The Morgan fingerprint density at radius 2 is 1.84 bits per heavy atom. The molecule has 0 unspecified atom stereocenters. The molecule has 5 rings (SSSR count). The van der Waals surface area contributed by atoms with Crippen LogP contribution in [0, 0.1) is 11.3 Å². The van der Waals surface area contributed by atoms with Gasteiger partial charge in [-0.2, -0.15) is 20.3 Å². The Labute approximate surface area is 220 Å². The van der Waals surface area contributed by atoms with Crippen LogP contribution >= 0.6 is 0 Å². The van der Waals surface area contributed by atoms with Crippen LogP contribution in [0.4, 0.5) is 5.82 Å². The van der Waals surface area contributed by atoms with Crippen LogP contribution in [0.2, 0.25) is 0 Å². The molecule has 0 amide bonds. The van der Waals surface area contributed by atoms with Crippen LogP contribution in [-0.2, 0) is 0 Å². The summed E-state index contributed by atoms with van der Waals surface area (Å²) in [5.41, 5.74) is 1.77. The zero-order valence-electron chi connectivity index (χ0n) is 21.5. The highest BCUT2D eigenvalue weighted by atomic mass is 16.5. The average Bonchev–Trinajstić information content (AvgIpc) is 3.35. The molecule has 0 bridgehead atoms. The third kappa shape index (κ3) is 5.60. The van der Waals surface area contributed by atoms with E-state index in [-0.39, 0.29) is 12.7 Å². The minimum atomic E-state index is -0.985. The Hall–Kier alpha value is -4.43. The summed E-state index contributed by atoms with van der Waals surface area (Å²) in [6.45, 7) is 5.09. The van der Waals surface area contributed by atoms with Gasteiger partial charge in [-0.1, -0.05) is 0 Å². The lowest BCUT2D eigenvalue weighted by molar-refractivity contribution is 0.0283. The van der Waals surface area contributed by atoms with Crippen LogP contribution in [0.5, 0.6) is 17.5 Å². The Balaban J connectivity index is 1.30. The Bertz CT molecular complexity index is 1430. The summed E-state index contributed by atoms with van der Waals surface area (Å²) in [6.07, 6.45) is 10.1. The van der Waals surface area contributed by atoms with Crippen LogP contribution < -0.4 is 19.1 Å². The van der Waals surface area contributed by atoms with Crippen LogP contribution in [0.15, 0.2) is 49.2 Å². The lowest BCUT2D eigenvalue weighted by Gasteiger charge is -2.32. The number of hydrogen-bond donors (Lipinski definition) is 1. The van der Waals surface area contributed by atoms with Gasteiger partial charge in [0.2, 0.25) is 0 Å². The molecular formula is C27H29N7O4. The van der Waals surface area contributed by atoms with Gasteiger partial charge in [0, 0.05) is 43.3 Å². The normalized spacial score (nSPS) is 14.3. The van der Waals surface area contributed by atoms with Gasteiger partial charge in [0.25, 0.3) is 0 Å². The number of hydrogen-bond acceptors (Lipinski definition) is 10. The maximum atomic E-state index is 10.1. The number of fused-ring (bicyclic) bond motifs is 1. The summed E-state index contributed by atoms with van der Waals surface area (Å²) in [7, 11) is 1.53. The van der Waals surface area contributed by atoms with Crippen molar-refractivity contribution < 1.29 is 19.3 Å². The van der Waals surface area contributed by atoms with E-state index in [9.17, 15) is 10.4 Å². The van der Waals surface area contributed by atoms with E-state index >= 15 is 0 Å². The van der Waals surface area contributed by atoms with Crippen molar-refractivity contribution in [1.82, 2.24) is 24.6 Å². The second-order valence-corrected chi connectivity index (χ2v) is 9.77. The predicted octanol–water partition coefficient (Wildman–Crippen LogP) is 3.26. The first kappa shape index (κ1) is 25.2. The van der Waals surface area contributed by atoms with Crippen molar-refractivity contribution in [2.45, 2.75) is 38.4 Å². The highest BCUT2D eigenvalue weighted by Crippen LogP contribution is 2.32. The number of anilines is 1. The fourth-order valence-corrected chi connectivity index (χ4v) is 4.34. The molecule has 0 atom stereocenters. The van der Waals surface area contributed by atoms with E-state index in [0.717, 1.165) is 42.9 Å². The van der Waals surface area contributed by atoms with Crippen molar-refractivity contribution in [2.75, 3.05) is 31.7 Å². The number of aliphatic hydroxyl groups is 1. The number of piperidine rings is 1. The van der Waals surface area contributed by atoms with E-state index in [4.69, 9.17) is 19.2 Å². The summed E-state index contributed by atoms with van der Waals surface area (Å²) in [5.74, 6) is 2.04. The van der Waals surface area contributed by atoms with E-state index in [1.807, 2.05) is 18.2 Å². The smallest absolute Gasteiger partial charge is 0.316 e. The van der Waals surface area contributed by atoms with E-state index in [1.54, 1.807) is 43.2 Å². The van der Waals surface area contributed by atoms with Crippen LogP contribution in [0.3, 0.4) is 0 Å². The molecule has 11 nitrogen and oxygen atoms in total. The number of aromatic nitrogens is 5. The summed E-state index contributed by atoms with van der Waals surface area (Å²) in [5, 5.41) is 24.0. The number of pyridine rings is 2. The largest absolute Gasteiger partial charge is 0.489 e. The molecule has 1 fully saturated rings. The molecule has 0 aromatic carbocycles. The van der Waals surface area contributed by atoms with Crippen molar-refractivity contribution in [3.8, 4) is 34.7 Å². The summed E-state index contributed by atoms with van der Waals surface area (Å²) in [4.78, 5) is 15.1. The average molecular weight is 516 g/mol. The second-order valence-electron chi connectivity index (χ2n) is 9.77. The highest BCUT2D eigenvalue weighted by molar-refractivity contribution is 5.85. The van der Waals surface area contributed by atoms with E-state index < -0.39 is 5.60 Å². The molecule has 1 aliphatic rings. The Morgan fingerprint density at radius 3 is 2.47 bits per heavy atom. The van der Waals surface area contributed by atoms with E-state index in [2.05, 4.69) is 26.0 Å². The molecule has 1 N–H and O–H groups in total. The van der Waals surface area contributed by atoms with Gasteiger partial charge in [-0.15, -0.1) is 0 Å². The Kier molecular flexibility index (Phi) is 6.98. The molecule has 1 saturated heterocycles. The summed E-state index contributed by atoms with van der Waals surface area (Å²) in [6, 6.07) is 8.35. The zero-order valence-corrected chi connectivity index (χ0v) is 21.5. The van der Waals surface area contributed by atoms with Gasteiger partial charge in [0.1, 0.15) is 30.3 Å². The fourth-order valence-electron chi connectivity index (χ4n) is 4.34. The SMILES string of the molecule is COc1ncc(OC2CCN(c3ccc(-c4cc(OCC(C)(C)O)cn5ncc(C#N)c45)cn3)CC2)cn1. The lowest BCUT2D eigenvalue weighted by Crippen LogP contribution is -2.38. The van der Waals surface area contributed by atoms with E-state index in [0.29, 0.717) is 28.6 Å². The van der Waals surface area contributed by atoms with Crippen molar-refractivity contribution in [3.63, 3.8) is 0 Å². The summed E-state index contributed by atoms with van der Waals surface area (Å²) < 4.78 is 18.5. The number of rotatable bonds is 8. The van der Waals surface area contributed by atoms with Gasteiger partial charge < -0.3 is 24.2 Å². The van der Waals surface area contributed by atoms with Crippen molar-refractivity contribution in [3.05, 3.63) is 54.7 Å². The highest BCUT2D eigenvalue weighted by Gasteiger charge is 2.22. The first-order chi connectivity index (χ1) is 18.3. The molecule has 1 aliphatic heterocycles. The molecule has 5 heterocycles. The van der Waals surface area contributed by atoms with Gasteiger partial charge in [-0.3, -0.25) is 0 Å². The Morgan fingerprint density at radius 1 is 1.08 bits per heavy atom. The molecule has 0 aliphatic carbocycles. The zero-order chi connectivity index (χ0) is 26.7. The van der Waals surface area contributed by atoms with Crippen LogP contribution in [0.1, 0.15) is 32.3 Å². The molecule has 11 heteroatoms. The number of methoxy groups -OCH3 is 1.